The van der Waals surface area contributed by atoms with Crippen LogP contribution in [0.25, 0.3) is 0 Å². The lowest BCUT2D eigenvalue weighted by molar-refractivity contribution is -0.132. The van der Waals surface area contributed by atoms with Gasteiger partial charge in [-0.05, 0) is 48.5 Å². The first kappa shape index (κ1) is 18.3. The van der Waals surface area contributed by atoms with Crippen LogP contribution in [0.5, 0.6) is 0 Å². The molecule has 2 amide bonds. The van der Waals surface area contributed by atoms with Crippen LogP contribution < -0.4 is 5.73 Å². The van der Waals surface area contributed by atoms with Gasteiger partial charge in [0.05, 0.1) is 6.04 Å². The molecule has 2 heterocycles. The number of primary amides is 1. The second-order valence-corrected chi connectivity index (χ2v) is 8.76. The molecule has 136 valence electrons. The number of carbonyl (C=O) groups is 3. The number of nitrogens with zero attached hydrogens (tertiary/aromatic N) is 2. The van der Waals surface area contributed by atoms with E-state index in [2.05, 4.69) is 6.07 Å². The fourth-order valence-corrected chi connectivity index (χ4v) is 5.76. The summed E-state index contributed by atoms with van der Waals surface area (Å²) in [5, 5.41) is 9.50. The van der Waals surface area contributed by atoms with Gasteiger partial charge >= 0.3 is 0 Å². The van der Waals surface area contributed by atoms with Gasteiger partial charge in [-0.2, -0.15) is 15.7 Å². The third kappa shape index (κ3) is 3.70. The van der Waals surface area contributed by atoms with E-state index in [1.807, 2.05) is 0 Å². The van der Waals surface area contributed by atoms with Crippen LogP contribution in [0.4, 0.5) is 0 Å². The first-order chi connectivity index (χ1) is 12.5. The second kappa shape index (κ2) is 7.83. The van der Waals surface area contributed by atoms with Crippen molar-refractivity contribution < 1.29 is 14.4 Å². The zero-order chi connectivity index (χ0) is 18.7. The summed E-state index contributed by atoms with van der Waals surface area (Å²) in [4.78, 5) is 38.5. The first-order valence-electron chi connectivity index (χ1n) is 8.68. The highest BCUT2D eigenvalue weighted by Gasteiger charge is 2.38. The highest BCUT2D eigenvalue weighted by molar-refractivity contribution is 8.17. The van der Waals surface area contributed by atoms with Gasteiger partial charge in [0.25, 0.3) is 0 Å². The molecule has 7 heteroatoms. The van der Waals surface area contributed by atoms with E-state index >= 15 is 0 Å². The van der Waals surface area contributed by atoms with Crippen molar-refractivity contribution in [1.29, 1.82) is 5.26 Å². The van der Waals surface area contributed by atoms with Crippen molar-refractivity contribution in [2.24, 2.45) is 5.73 Å². The fourth-order valence-electron chi connectivity index (χ4n) is 3.50. The molecule has 1 unspecified atom stereocenters. The predicted octanol–water partition coefficient (Wildman–Crippen LogP) is 1.60. The SMILES string of the molecule is N#CC(C(=O)C1CCC(=O)N1Cc1cccc(C(N)=O)c1)=S1CCCC1. The van der Waals surface area contributed by atoms with Crippen LogP contribution in [0.2, 0.25) is 0 Å². The summed E-state index contributed by atoms with van der Waals surface area (Å²) in [5.74, 6) is 0.968. The molecule has 26 heavy (non-hydrogen) atoms. The molecule has 2 fully saturated rings. The van der Waals surface area contributed by atoms with Gasteiger partial charge in [-0.25, -0.2) is 0 Å². The van der Waals surface area contributed by atoms with Gasteiger partial charge < -0.3 is 10.6 Å². The Balaban J connectivity index is 1.84. The molecule has 2 N–H and O–H groups in total. The Morgan fingerprint density at radius 1 is 1.31 bits per heavy atom. The van der Waals surface area contributed by atoms with Crippen molar-refractivity contribution in [3.63, 3.8) is 0 Å². The summed E-state index contributed by atoms with van der Waals surface area (Å²) in [6.45, 7) is 0.239. The number of amides is 2. The summed E-state index contributed by atoms with van der Waals surface area (Å²) in [6.07, 6.45) is 2.84. The molecule has 2 aliphatic rings. The highest BCUT2D eigenvalue weighted by Crippen LogP contribution is 2.30. The van der Waals surface area contributed by atoms with E-state index < -0.39 is 11.9 Å². The largest absolute Gasteiger partial charge is 0.366 e. The van der Waals surface area contributed by atoms with E-state index in [0.717, 1.165) is 29.9 Å². The maximum Gasteiger partial charge on any atom is 0.248 e. The number of hydrogen-bond donors (Lipinski definition) is 1. The summed E-state index contributed by atoms with van der Waals surface area (Å²) < 4.78 is 0. The van der Waals surface area contributed by atoms with E-state index in [1.54, 1.807) is 29.2 Å². The van der Waals surface area contributed by atoms with Crippen molar-refractivity contribution in [1.82, 2.24) is 4.90 Å². The van der Waals surface area contributed by atoms with Gasteiger partial charge in [-0.3, -0.25) is 14.4 Å². The number of likely N-dealkylation sites (tertiary alicyclic amines) is 1. The Bertz CT molecular complexity index is 833. The molecular formula is C19H21N3O3S. The summed E-state index contributed by atoms with van der Waals surface area (Å²) in [7, 11) is -0.267. The van der Waals surface area contributed by atoms with Crippen LogP contribution in [0.3, 0.4) is 0 Å². The Kier molecular flexibility index (Phi) is 5.52. The summed E-state index contributed by atoms with van der Waals surface area (Å²) in [5.41, 5.74) is 6.42. The van der Waals surface area contributed by atoms with E-state index in [4.69, 9.17) is 5.73 Å². The van der Waals surface area contributed by atoms with Crippen LogP contribution in [-0.4, -0.2) is 44.9 Å². The highest BCUT2D eigenvalue weighted by atomic mass is 32.2. The lowest BCUT2D eigenvalue weighted by atomic mass is 10.1. The average molecular weight is 371 g/mol. The van der Waals surface area contributed by atoms with Crippen molar-refractivity contribution in [3.05, 3.63) is 35.4 Å². The second-order valence-electron chi connectivity index (χ2n) is 6.55. The molecule has 2 aliphatic heterocycles. The lowest BCUT2D eigenvalue weighted by Crippen LogP contribution is -2.41. The monoisotopic (exact) mass is 371 g/mol. The number of rotatable bonds is 5. The fraction of sp³-hybridized carbons (Fsp3) is 0.421. The number of Topliss-reactive ketones (excluding diaryl/α,β-unsaturated/α-hetero) is 1. The van der Waals surface area contributed by atoms with Crippen LogP contribution in [0, 0.1) is 11.3 Å². The van der Waals surface area contributed by atoms with Gasteiger partial charge in [-0.1, -0.05) is 12.1 Å². The first-order valence-corrected chi connectivity index (χ1v) is 10.2. The van der Waals surface area contributed by atoms with Gasteiger partial charge in [0.1, 0.15) is 10.9 Å². The minimum Gasteiger partial charge on any atom is -0.366 e. The van der Waals surface area contributed by atoms with Gasteiger partial charge in [0, 0.05) is 18.5 Å². The Hall–Kier alpha value is -2.46. The maximum absolute atomic E-state index is 13.0. The van der Waals surface area contributed by atoms with Gasteiger partial charge in [0.15, 0.2) is 0 Å². The summed E-state index contributed by atoms with van der Waals surface area (Å²) >= 11 is 0. The number of nitrogens with two attached hydrogens (primary N) is 1. The molecule has 0 spiro atoms. The van der Waals surface area contributed by atoms with E-state index in [0.29, 0.717) is 23.3 Å². The Morgan fingerprint density at radius 2 is 2.04 bits per heavy atom. The van der Waals surface area contributed by atoms with Crippen LogP contribution in [-0.2, 0) is 16.1 Å². The molecule has 2 saturated heterocycles. The van der Waals surface area contributed by atoms with Gasteiger partial charge in [-0.15, -0.1) is 0 Å². The molecule has 1 aromatic carbocycles. The molecule has 1 atom stereocenters. The van der Waals surface area contributed by atoms with Crippen LogP contribution in [0.1, 0.15) is 41.6 Å². The van der Waals surface area contributed by atoms with Crippen molar-refractivity contribution in [2.75, 3.05) is 11.5 Å². The van der Waals surface area contributed by atoms with Crippen molar-refractivity contribution >= 4 is 32.9 Å². The normalized spacial score (nSPS) is 20.2. The molecule has 1 aromatic rings. The molecule has 6 nitrogen and oxygen atoms in total. The third-order valence-corrected chi connectivity index (χ3v) is 7.27. The Morgan fingerprint density at radius 3 is 2.69 bits per heavy atom. The number of ketones is 1. The molecule has 0 bridgehead atoms. The van der Waals surface area contributed by atoms with Crippen LogP contribution in [0.15, 0.2) is 24.3 Å². The molecule has 0 aliphatic carbocycles. The molecule has 0 radical (unpaired) electrons. The number of benzene rings is 1. The number of nitriles is 1. The molecular weight excluding hydrogens is 350 g/mol. The number of carbonyl (C=O) groups excluding carboxylic acids is 3. The number of hydrogen-bond acceptors (Lipinski definition) is 4. The smallest absolute Gasteiger partial charge is 0.248 e. The zero-order valence-electron chi connectivity index (χ0n) is 14.4. The van der Waals surface area contributed by atoms with E-state index in [9.17, 15) is 19.6 Å². The van der Waals surface area contributed by atoms with E-state index in [1.165, 1.54) is 0 Å². The van der Waals surface area contributed by atoms with Crippen molar-refractivity contribution in [3.8, 4) is 6.07 Å². The zero-order valence-corrected chi connectivity index (χ0v) is 15.3. The van der Waals surface area contributed by atoms with Crippen molar-refractivity contribution in [2.45, 2.75) is 38.3 Å². The van der Waals surface area contributed by atoms with E-state index in [-0.39, 0.29) is 28.7 Å². The summed E-state index contributed by atoms with van der Waals surface area (Å²) in [6, 6.07) is 8.31. The lowest BCUT2D eigenvalue weighted by Gasteiger charge is -2.24. The quantitative estimate of drug-likeness (QED) is 0.794. The maximum atomic E-state index is 13.0. The topological polar surface area (TPSA) is 104 Å². The standard InChI is InChI=1S/C19H21N3O3S/c20-11-16(26-8-1-2-9-26)18(24)15-6-7-17(23)22(15)12-13-4-3-5-14(10-13)19(21)25/h3-5,10,15H,1-2,6-9,12H2,(H2,21,25). The van der Waals surface area contributed by atoms with Crippen LogP contribution >= 0.6 is 10.5 Å². The Labute approximate surface area is 154 Å². The average Bonchev–Trinajstić information content (AvgIpc) is 3.27. The minimum atomic E-state index is -0.581. The minimum absolute atomic E-state index is 0.0973. The third-order valence-electron chi connectivity index (χ3n) is 4.84. The molecule has 0 aromatic heterocycles. The predicted molar refractivity (Wildman–Crippen MR) is 101 cm³/mol. The van der Waals surface area contributed by atoms with Gasteiger partial charge in [0.2, 0.25) is 17.6 Å². The molecule has 3 rings (SSSR count). The molecule has 0 saturated carbocycles.